The minimum atomic E-state index is -3.89. The number of hydrogen-bond acceptors (Lipinski definition) is 5. The molecule has 1 fully saturated rings. The molecule has 3 N–H and O–H groups in total. The van der Waals surface area contributed by atoms with Gasteiger partial charge >= 0.3 is 6.03 Å². The Morgan fingerprint density at radius 3 is 2.39 bits per heavy atom. The number of nitrogens with one attached hydrogen (secondary N) is 1. The van der Waals surface area contributed by atoms with Gasteiger partial charge in [0.2, 0.25) is 10.0 Å². The number of hydrogen-bond donors (Lipinski definition) is 2. The van der Waals surface area contributed by atoms with Crippen LogP contribution in [0.15, 0.2) is 53.4 Å². The number of aromatic nitrogens is 2. The van der Waals surface area contributed by atoms with Gasteiger partial charge < -0.3 is 11.1 Å². The molecule has 0 saturated heterocycles. The Labute approximate surface area is 220 Å². The van der Waals surface area contributed by atoms with Crippen LogP contribution in [0.4, 0.5) is 19.3 Å². The summed E-state index contributed by atoms with van der Waals surface area (Å²) < 4.78 is 57.8. The van der Waals surface area contributed by atoms with E-state index in [1.807, 2.05) is 0 Å². The predicted molar refractivity (Wildman–Crippen MR) is 139 cm³/mol. The second kappa shape index (κ2) is 9.09. The van der Waals surface area contributed by atoms with Gasteiger partial charge in [-0.25, -0.2) is 22.0 Å². The van der Waals surface area contributed by atoms with Crippen LogP contribution in [0, 0.1) is 17.0 Å². The predicted octanol–water partition coefficient (Wildman–Crippen LogP) is 4.78. The van der Waals surface area contributed by atoms with Gasteiger partial charge in [-0.1, -0.05) is 26.8 Å². The first-order chi connectivity index (χ1) is 17.9. The standard InChI is InChI=1S/C27H29F2N5O3S/c1-4-34(38(36,37)17-10-8-16(9-11-17)31-25(30)35)15-27-13-12-19(26(27,2)3)18-14-22(32-33-24(18)27)23-20(28)6-5-7-21(23)29/h5-11,14,19H,4,12-13,15H2,1-3H3,(H3,30,31,35)/t19-,27-/m0/s1. The molecule has 38 heavy (non-hydrogen) atoms. The molecule has 5 rings (SSSR count). The van der Waals surface area contributed by atoms with Crippen LogP contribution < -0.4 is 11.1 Å². The fourth-order valence-corrected chi connectivity index (χ4v) is 7.82. The largest absolute Gasteiger partial charge is 0.351 e. The fraction of sp³-hybridized carbons (Fsp3) is 0.370. The summed E-state index contributed by atoms with van der Waals surface area (Å²) in [4.78, 5) is 11.2. The van der Waals surface area contributed by atoms with E-state index in [0.717, 1.165) is 12.0 Å². The Kier molecular flexibility index (Phi) is 6.26. The Hall–Kier alpha value is -3.44. The minimum Gasteiger partial charge on any atom is -0.351 e. The van der Waals surface area contributed by atoms with Crippen molar-refractivity contribution in [1.29, 1.82) is 0 Å². The number of carbonyl (C=O) groups excluding carboxylic acids is 1. The van der Waals surface area contributed by atoms with Crippen molar-refractivity contribution in [3.63, 3.8) is 0 Å². The molecule has 2 aliphatic carbocycles. The summed E-state index contributed by atoms with van der Waals surface area (Å²) in [5, 5.41) is 11.1. The van der Waals surface area contributed by atoms with Gasteiger partial charge in [0.05, 0.1) is 21.8 Å². The van der Waals surface area contributed by atoms with Gasteiger partial charge in [0.15, 0.2) is 0 Å². The fourth-order valence-electron chi connectivity index (χ4n) is 6.31. The molecule has 8 nitrogen and oxygen atoms in total. The molecule has 1 aromatic heterocycles. The third-order valence-corrected chi connectivity index (χ3v) is 10.3. The molecule has 0 unspecified atom stereocenters. The zero-order valence-corrected chi connectivity index (χ0v) is 22.1. The molecule has 2 aromatic carbocycles. The van der Waals surface area contributed by atoms with Crippen molar-refractivity contribution >= 4 is 21.7 Å². The maximum Gasteiger partial charge on any atom is 0.316 e. The molecule has 2 amide bonds. The van der Waals surface area contributed by atoms with E-state index in [1.54, 1.807) is 13.0 Å². The maximum absolute atomic E-state index is 14.5. The van der Waals surface area contributed by atoms with Crippen molar-refractivity contribution in [3.8, 4) is 11.3 Å². The number of likely N-dealkylation sites (N-methyl/N-ethyl adjacent to an activating group) is 1. The molecule has 3 aromatic rings. The third kappa shape index (κ3) is 3.87. The summed E-state index contributed by atoms with van der Waals surface area (Å²) in [6.45, 7) is 6.39. The SMILES string of the molecule is CCN(C[C@@]12CC[C@@H](c3cc(-c4c(F)cccc4F)nnc31)C2(C)C)S(=O)(=O)c1ccc(NC(N)=O)cc1. The summed E-state index contributed by atoms with van der Waals surface area (Å²) in [6, 6.07) is 10.5. The molecule has 0 radical (unpaired) electrons. The first-order valence-electron chi connectivity index (χ1n) is 12.4. The highest BCUT2D eigenvalue weighted by atomic mass is 32.2. The lowest BCUT2D eigenvalue weighted by Crippen LogP contribution is -2.48. The van der Waals surface area contributed by atoms with E-state index in [4.69, 9.17) is 5.73 Å². The van der Waals surface area contributed by atoms with Crippen LogP contribution in [0.25, 0.3) is 11.3 Å². The molecule has 2 atom stereocenters. The number of nitrogens with two attached hydrogens (primary N) is 1. The van der Waals surface area contributed by atoms with E-state index in [9.17, 15) is 22.0 Å². The van der Waals surface area contributed by atoms with E-state index < -0.39 is 33.1 Å². The zero-order valence-electron chi connectivity index (χ0n) is 21.3. The van der Waals surface area contributed by atoms with Gasteiger partial charge in [-0.3, -0.25) is 0 Å². The lowest BCUT2D eigenvalue weighted by Gasteiger charge is -2.41. The van der Waals surface area contributed by atoms with Gasteiger partial charge in [0.25, 0.3) is 0 Å². The average molecular weight is 542 g/mol. The second-order valence-electron chi connectivity index (χ2n) is 10.5. The van der Waals surface area contributed by atoms with E-state index in [0.29, 0.717) is 17.8 Å². The highest BCUT2D eigenvalue weighted by molar-refractivity contribution is 7.89. The number of anilines is 1. The Morgan fingerprint density at radius 2 is 1.79 bits per heavy atom. The molecular weight excluding hydrogens is 512 g/mol. The topological polar surface area (TPSA) is 118 Å². The highest BCUT2D eigenvalue weighted by Crippen LogP contribution is 2.67. The average Bonchev–Trinajstić information content (AvgIpc) is 3.22. The number of fused-ring (bicyclic) bond motifs is 5. The molecule has 1 saturated carbocycles. The number of amides is 2. The van der Waals surface area contributed by atoms with Crippen LogP contribution in [0.5, 0.6) is 0 Å². The Morgan fingerprint density at radius 1 is 1.13 bits per heavy atom. The van der Waals surface area contributed by atoms with Crippen LogP contribution in [-0.2, 0) is 15.4 Å². The van der Waals surface area contributed by atoms with Gasteiger partial charge in [-0.2, -0.15) is 14.5 Å². The molecular formula is C27H29F2N5O3S. The van der Waals surface area contributed by atoms with E-state index in [-0.39, 0.29) is 40.6 Å². The third-order valence-electron chi connectivity index (χ3n) is 8.39. The first-order valence-corrected chi connectivity index (χ1v) is 13.9. The number of halogens is 2. The number of sulfonamides is 1. The van der Waals surface area contributed by atoms with Crippen molar-refractivity contribution in [1.82, 2.24) is 14.5 Å². The smallest absolute Gasteiger partial charge is 0.316 e. The lowest BCUT2D eigenvalue weighted by atomic mass is 9.68. The van der Waals surface area contributed by atoms with Crippen molar-refractivity contribution in [2.24, 2.45) is 11.1 Å². The summed E-state index contributed by atoms with van der Waals surface area (Å²) in [5.74, 6) is -1.38. The quantitative estimate of drug-likeness (QED) is 0.446. The van der Waals surface area contributed by atoms with Crippen molar-refractivity contribution in [2.45, 2.75) is 49.8 Å². The molecule has 200 valence electrons. The Bertz CT molecular complexity index is 1510. The van der Waals surface area contributed by atoms with Crippen molar-refractivity contribution < 1.29 is 22.0 Å². The van der Waals surface area contributed by atoms with Gasteiger partial charge in [0.1, 0.15) is 11.6 Å². The van der Waals surface area contributed by atoms with E-state index in [2.05, 4.69) is 29.4 Å². The van der Waals surface area contributed by atoms with Gasteiger partial charge in [-0.15, -0.1) is 0 Å². The molecule has 0 aliphatic heterocycles. The van der Waals surface area contributed by atoms with Crippen molar-refractivity contribution in [2.75, 3.05) is 18.4 Å². The van der Waals surface area contributed by atoms with Gasteiger partial charge in [0, 0.05) is 24.2 Å². The monoisotopic (exact) mass is 541 g/mol. The highest BCUT2D eigenvalue weighted by Gasteiger charge is 2.64. The summed E-state index contributed by atoms with van der Waals surface area (Å²) in [6.07, 6.45) is 1.52. The zero-order chi connectivity index (χ0) is 27.5. The molecule has 2 aliphatic rings. The van der Waals surface area contributed by atoms with Crippen LogP contribution in [0.1, 0.15) is 50.8 Å². The maximum atomic E-state index is 14.5. The number of urea groups is 1. The molecule has 2 bridgehead atoms. The van der Waals surface area contributed by atoms with Gasteiger partial charge in [-0.05, 0) is 72.2 Å². The second-order valence-corrected chi connectivity index (χ2v) is 12.4. The molecule has 11 heteroatoms. The van der Waals surface area contributed by atoms with Crippen molar-refractivity contribution in [3.05, 3.63) is 71.4 Å². The van der Waals surface area contributed by atoms with Crippen LogP contribution in [0.2, 0.25) is 0 Å². The molecule has 1 heterocycles. The summed E-state index contributed by atoms with van der Waals surface area (Å²) in [5.41, 5.74) is 6.00. The summed E-state index contributed by atoms with van der Waals surface area (Å²) in [7, 11) is -3.89. The normalized spacial score (nSPS) is 21.5. The van der Waals surface area contributed by atoms with E-state index in [1.165, 1.54) is 46.8 Å². The molecule has 0 spiro atoms. The van der Waals surface area contributed by atoms with Crippen LogP contribution in [0.3, 0.4) is 0 Å². The number of nitrogens with zero attached hydrogens (tertiary/aromatic N) is 3. The van der Waals surface area contributed by atoms with Crippen LogP contribution in [-0.4, -0.2) is 42.0 Å². The number of carbonyl (C=O) groups is 1. The number of rotatable bonds is 7. The Balaban J connectivity index is 1.53. The van der Waals surface area contributed by atoms with E-state index >= 15 is 0 Å². The number of benzene rings is 2. The first kappa shape index (κ1) is 26.2. The number of primary amides is 1. The minimum absolute atomic E-state index is 0.0437. The summed E-state index contributed by atoms with van der Waals surface area (Å²) >= 11 is 0. The lowest BCUT2D eigenvalue weighted by molar-refractivity contribution is 0.169. The van der Waals surface area contributed by atoms with Crippen LogP contribution >= 0.6 is 0 Å².